The maximum Gasteiger partial charge on any atom is 0.254 e. The van der Waals surface area contributed by atoms with Gasteiger partial charge in [-0.15, -0.1) is 0 Å². The molecule has 0 fully saturated rings. The molecule has 0 radical (unpaired) electrons. The van der Waals surface area contributed by atoms with Crippen LogP contribution in [-0.2, 0) is 0 Å². The van der Waals surface area contributed by atoms with E-state index >= 15 is 0 Å². The Hall–Kier alpha value is -1.25. The molecule has 0 saturated carbocycles. The van der Waals surface area contributed by atoms with Crippen molar-refractivity contribution < 1.29 is 9.26 Å². The van der Waals surface area contributed by atoms with Gasteiger partial charge in [-0.25, -0.2) is 0 Å². The minimum atomic E-state index is 0.348. The first-order valence-electron chi connectivity index (χ1n) is 5.84. The number of nitrogens with zero attached hydrogens (tertiary/aromatic N) is 1. The van der Waals surface area contributed by atoms with Gasteiger partial charge in [0.15, 0.2) is 0 Å². The summed E-state index contributed by atoms with van der Waals surface area (Å²) in [6.07, 6.45) is 5.23. The van der Waals surface area contributed by atoms with Crippen molar-refractivity contribution in [3.8, 4) is 5.88 Å². The van der Waals surface area contributed by atoms with Crippen molar-refractivity contribution in [2.75, 3.05) is 6.61 Å². The van der Waals surface area contributed by atoms with Gasteiger partial charge in [-0.1, -0.05) is 39.8 Å². The molecule has 1 heterocycles. The van der Waals surface area contributed by atoms with Crippen LogP contribution in [0, 0.1) is 5.92 Å². The SMILES string of the molecule is CC(C)C/C=C/COc1cc(C(C)C)on1. The van der Waals surface area contributed by atoms with Crippen molar-refractivity contribution in [3.63, 3.8) is 0 Å². The van der Waals surface area contributed by atoms with Crippen molar-refractivity contribution in [1.82, 2.24) is 5.16 Å². The lowest BCUT2D eigenvalue weighted by molar-refractivity contribution is 0.299. The predicted molar refractivity (Wildman–Crippen MR) is 64.7 cm³/mol. The van der Waals surface area contributed by atoms with E-state index in [1.165, 1.54) is 0 Å². The molecule has 0 N–H and O–H groups in total. The van der Waals surface area contributed by atoms with Crippen LogP contribution in [0.5, 0.6) is 5.88 Å². The van der Waals surface area contributed by atoms with Gasteiger partial charge in [0, 0.05) is 12.0 Å². The maximum atomic E-state index is 5.43. The fourth-order valence-corrected chi connectivity index (χ4v) is 1.18. The van der Waals surface area contributed by atoms with E-state index in [0.29, 0.717) is 24.3 Å². The minimum Gasteiger partial charge on any atom is -0.471 e. The zero-order chi connectivity index (χ0) is 12.0. The van der Waals surface area contributed by atoms with Gasteiger partial charge in [0.05, 0.1) is 0 Å². The summed E-state index contributed by atoms with van der Waals surface area (Å²) >= 11 is 0. The standard InChI is InChI=1S/C13H21NO2/c1-10(2)7-5-6-8-15-13-9-12(11(3)4)16-14-13/h5-6,9-11H,7-8H2,1-4H3/b6-5+. The second-order valence-electron chi connectivity index (χ2n) is 4.63. The van der Waals surface area contributed by atoms with Crippen molar-refractivity contribution in [2.24, 2.45) is 5.92 Å². The van der Waals surface area contributed by atoms with Crippen LogP contribution < -0.4 is 4.74 Å². The van der Waals surface area contributed by atoms with Crippen molar-refractivity contribution in [3.05, 3.63) is 24.0 Å². The lowest BCUT2D eigenvalue weighted by Crippen LogP contribution is -1.93. The second-order valence-corrected chi connectivity index (χ2v) is 4.63. The number of hydrogen-bond donors (Lipinski definition) is 0. The third-order valence-corrected chi connectivity index (χ3v) is 2.18. The highest BCUT2D eigenvalue weighted by Gasteiger charge is 2.07. The molecular formula is C13H21NO2. The van der Waals surface area contributed by atoms with Gasteiger partial charge < -0.3 is 9.26 Å². The Balaban J connectivity index is 2.29. The third-order valence-electron chi connectivity index (χ3n) is 2.18. The van der Waals surface area contributed by atoms with E-state index in [9.17, 15) is 0 Å². The fraction of sp³-hybridized carbons (Fsp3) is 0.615. The van der Waals surface area contributed by atoms with E-state index in [4.69, 9.17) is 9.26 Å². The molecule has 0 unspecified atom stereocenters. The topological polar surface area (TPSA) is 35.3 Å². The molecule has 0 aliphatic carbocycles. The lowest BCUT2D eigenvalue weighted by Gasteiger charge is -1.98. The van der Waals surface area contributed by atoms with Crippen molar-refractivity contribution in [1.29, 1.82) is 0 Å². The maximum absolute atomic E-state index is 5.43. The molecule has 0 aromatic carbocycles. The van der Waals surface area contributed by atoms with Crippen LogP contribution in [0.15, 0.2) is 22.7 Å². The highest BCUT2D eigenvalue weighted by Crippen LogP contribution is 2.19. The monoisotopic (exact) mass is 223 g/mol. The molecule has 1 aromatic heterocycles. The van der Waals surface area contributed by atoms with E-state index in [2.05, 4.69) is 38.9 Å². The third kappa shape index (κ3) is 4.51. The molecule has 0 aliphatic rings. The normalized spacial score (nSPS) is 11.9. The quantitative estimate of drug-likeness (QED) is 0.688. The van der Waals surface area contributed by atoms with Gasteiger partial charge in [-0.3, -0.25) is 0 Å². The first-order chi connectivity index (χ1) is 7.59. The van der Waals surface area contributed by atoms with Gasteiger partial charge in [-0.05, 0) is 17.5 Å². The number of ether oxygens (including phenoxy) is 1. The number of rotatable bonds is 6. The van der Waals surface area contributed by atoms with Crippen LogP contribution in [0.3, 0.4) is 0 Å². The molecule has 0 amide bonds. The number of allylic oxidation sites excluding steroid dienone is 1. The first-order valence-corrected chi connectivity index (χ1v) is 5.84. The summed E-state index contributed by atoms with van der Waals surface area (Å²) in [6, 6.07) is 1.85. The molecule has 90 valence electrons. The van der Waals surface area contributed by atoms with Gasteiger partial charge >= 0.3 is 0 Å². The summed E-state index contributed by atoms with van der Waals surface area (Å²) in [4.78, 5) is 0. The Labute approximate surface area is 97.5 Å². The van der Waals surface area contributed by atoms with Crippen LogP contribution in [0.2, 0.25) is 0 Å². The number of hydrogen-bond acceptors (Lipinski definition) is 3. The van der Waals surface area contributed by atoms with Crippen LogP contribution >= 0.6 is 0 Å². The summed E-state index contributed by atoms with van der Waals surface area (Å²) in [5.41, 5.74) is 0. The zero-order valence-corrected chi connectivity index (χ0v) is 10.6. The van der Waals surface area contributed by atoms with Crippen LogP contribution in [0.1, 0.15) is 45.8 Å². The molecule has 3 nitrogen and oxygen atoms in total. The highest BCUT2D eigenvalue weighted by molar-refractivity contribution is 5.13. The molecular weight excluding hydrogens is 202 g/mol. The van der Waals surface area contributed by atoms with E-state index in [0.717, 1.165) is 12.2 Å². The smallest absolute Gasteiger partial charge is 0.254 e. The fourth-order valence-electron chi connectivity index (χ4n) is 1.18. The highest BCUT2D eigenvalue weighted by atomic mass is 16.5. The summed E-state index contributed by atoms with van der Waals surface area (Å²) in [5.74, 6) is 2.47. The lowest BCUT2D eigenvalue weighted by atomic mass is 10.1. The largest absolute Gasteiger partial charge is 0.471 e. The van der Waals surface area contributed by atoms with Gasteiger partial charge in [0.25, 0.3) is 5.88 Å². The summed E-state index contributed by atoms with van der Waals surface area (Å²) in [6.45, 7) is 9.06. The molecule has 0 bridgehead atoms. The van der Waals surface area contributed by atoms with Gasteiger partial charge in [0.2, 0.25) is 0 Å². The second kappa shape index (κ2) is 6.36. The summed E-state index contributed by atoms with van der Waals surface area (Å²) in [7, 11) is 0. The van der Waals surface area contributed by atoms with Crippen LogP contribution in [-0.4, -0.2) is 11.8 Å². The Morgan fingerprint density at radius 3 is 2.62 bits per heavy atom. The average molecular weight is 223 g/mol. The van der Waals surface area contributed by atoms with Crippen LogP contribution in [0.25, 0.3) is 0 Å². The Morgan fingerprint density at radius 1 is 1.31 bits per heavy atom. The predicted octanol–water partition coefficient (Wildman–Crippen LogP) is 3.78. The molecule has 0 aliphatic heterocycles. The molecule has 1 rings (SSSR count). The molecule has 1 aromatic rings. The molecule has 16 heavy (non-hydrogen) atoms. The average Bonchev–Trinajstić information content (AvgIpc) is 2.65. The zero-order valence-electron chi connectivity index (χ0n) is 10.6. The van der Waals surface area contributed by atoms with E-state index < -0.39 is 0 Å². The number of aromatic nitrogens is 1. The van der Waals surface area contributed by atoms with Gasteiger partial charge in [0.1, 0.15) is 12.4 Å². The van der Waals surface area contributed by atoms with Gasteiger partial charge in [-0.2, -0.15) is 0 Å². The van der Waals surface area contributed by atoms with E-state index in [-0.39, 0.29) is 0 Å². The Kier molecular flexibility index (Phi) is 5.09. The Bertz CT molecular complexity index is 326. The van der Waals surface area contributed by atoms with Crippen molar-refractivity contribution in [2.45, 2.75) is 40.0 Å². The van der Waals surface area contributed by atoms with Crippen molar-refractivity contribution >= 4 is 0 Å². The van der Waals surface area contributed by atoms with E-state index in [1.54, 1.807) is 0 Å². The van der Waals surface area contributed by atoms with E-state index in [1.807, 2.05) is 12.1 Å². The Morgan fingerprint density at radius 2 is 2.06 bits per heavy atom. The minimum absolute atomic E-state index is 0.348. The molecule has 0 spiro atoms. The molecule has 0 saturated heterocycles. The van der Waals surface area contributed by atoms with Crippen LogP contribution in [0.4, 0.5) is 0 Å². The summed E-state index contributed by atoms with van der Waals surface area (Å²) in [5, 5.41) is 3.84. The summed E-state index contributed by atoms with van der Waals surface area (Å²) < 4.78 is 10.5. The molecule has 0 atom stereocenters. The molecule has 3 heteroatoms. The first kappa shape index (κ1) is 12.8.